The fourth-order valence-corrected chi connectivity index (χ4v) is 1.89. The number of carbonyl (C=O) groups is 2. The fourth-order valence-electron chi connectivity index (χ4n) is 1.89. The summed E-state index contributed by atoms with van der Waals surface area (Å²) in [5.41, 5.74) is 1.63. The van der Waals surface area contributed by atoms with Crippen LogP contribution in [0.5, 0.6) is 0 Å². The van der Waals surface area contributed by atoms with E-state index >= 15 is 0 Å². The highest BCUT2D eigenvalue weighted by Gasteiger charge is 2.20. The first-order chi connectivity index (χ1) is 9.10. The summed E-state index contributed by atoms with van der Waals surface area (Å²) in [7, 11) is 0. The van der Waals surface area contributed by atoms with Crippen LogP contribution < -0.4 is 5.32 Å². The molecule has 2 amide bonds. The smallest absolute Gasteiger partial charge is 0.313 e. The molecule has 0 spiro atoms. The average molecular weight is 262 g/mol. The Morgan fingerprint density at radius 3 is 2.21 bits per heavy atom. The van der Waals surface area contributed by atoms with Gasteiger partial charge in [-0.3, -0.25) is 9.59 Å². The normalized spacial score (nSPS) is 10.1. The summed E-state index contributed by atoms with van der Waals surface area (Å²) in [4.78, 5) is 25.6. The van der Waals surface area contributed by atoms with Gasteiger partial charge < -0.3 is 10.2 Å². The van der Waals surface area contributed by atoms with E-state index in [0.717, 1.165) is 18.4 Å². The molecule has 1 aromatic rings. The van der Waals surface area contributed by atoms with Crippen LogP contribution in [0.1, 0.15) is 32.3 Å². The van der Waals surface area contributed by atoms with E-state index in [1.54, 1.807) is 11.0 Å². The number of hydrogen-bond donors (Lipinski definition) is 1. The molecule has 0 aliphatic carbocycles. The predicted octanol–water partition coefficient (Wildman–Crippen LogP) is 2.58. The Labute approximate surface area is 114 Å². The molecule has 1 N–H and O–H groups in total. The molecule has 0 heterocycles. The van der Waals surface area contributed by atoms with Crippen LogP contribution in [0.3, 0.4) is 0 Å². The van der Waals surface area contributed by atoms with Crippen molar-refractivity contribution in [2.45, 2.75) is 33.6 Å². The highest BCUT2D eigenvalue weighted by molar-refractivity contribution is 6.39. The van der Waals surface area contributed by atoms with Gasteiger partial charge in [0.25, 0.3) is 0 Å². The van der Waals surface area contributed by atoms with Crippen molar-refractivity contribution in [2.24, 2.45) is 0 Å². The van der Waals surface area contributed by atoms with E-state index in [9.17, 15) is 9.59 Å². The van der Waals surface area contributed by atoms with Crippen molar-refractivity contribution in [1.29, 1.82) is 0 Å². The highest BCUT2D eigenvalue weighted by Crippen LogP contribution is 2.13. The van der Waals surface area contributed by atoms with Crippen LogP contribution in [0, 0.1) is 6.92 Å². The van der Waals surface area contributed by atoms with Crippen LogP contribution in [-0.4, -0.2) is 29.8 Å². The minimum atomic E-state index is -0.559. The van der Waals surface area contributed by atoms with Crippen LogP contribution in [0.4, 0.5) is 5.69 Å². The Bertz CT molecular complexity index is 438. The summed E-state index contributed by atoms with van der Waals surface area (Å²) in [5, 5.41) is 2.68. The molecule has 0 radical (unpaired) electrons. The summed E-state index contributed by atoms with van der Waals surface area (Å²) in [5.74, 6) is -1.01. The highest BCUT2D eigenvalue weighted by atomic mass is 16.2. The number of nitrogens with one attached hydrogen (secondary N) is 1. The Kier molecular flexibility index (Phi) is 6.06. The first-order valence-electron chi connectivity index (χ1n) is 6.76. The first-order valence-corrected chi connectivity index (χ1v) is 6.76. The largest absolute Gasteiger partial charge is 0.334 e. The molecule has 0 aliphatic heterocycles. The maximum atomic E-state index is 12.1. The number of benzene rings is 1. The molecule has 0 aliphatic rings. The van der Waals surface area contributed by atoms with Crippen molar-refractivity contribution in [1.82, 2.24) is 4.90 Å². The van der Waals surface area contributed by atoms with Crippen molar-refractivity contribution in [3.8, 4) is 0 Å². The van der Waals surface area contributed by atoms with Gasteiger partial charge in [-0.25, -0.2) is 0 Å². The molecule has 0 saturated carbocycles. The van der Waals surface area contributed by atoms with Crippen LogP contribution in [0.2, 0.25) is 0 Å². The summed E-state index contributed by atoms with van der Waals surface area (Å²) >= 11 is 0. The summed E-state index contributed by atoms with van der Waals surface area (Å²) in [6.45, 7) is 7.13. The molecule has 4 heteroatoms. The molecular formula is C15H22N2O2. The van der Waals surface area contributed by atoms with Gasteiger partial charge in [0, 0.05) is 18.8 Å². The lowest BCUT2D eigenvalue weighted by atomic mass is 10.2. The van der Waals surface area contributed by atoms with E-state index < -0.39 is 11.8 Å². The molecule has 1 rings (SSSR count). The third-order valence-corrected chi connectivity index (χ3v) is 2.86. The molecule has 0 fully saturated rings. The number of para-hydroxylation sites is 1. The number of amides is 2. The van der Waals surface area contributed by atoms with Gasteiger partial charge in [0.15, 0.2) is 0 Å². The van der Waals surface area contributed by atoms with E-state index in [1.807, 2.05) is 39.0 Å². The standard InChI is InChI=1S/C15H22N2O2/c1-4-10-17(11-5-2)15(19)14(18)16-13-9-7-6-8-12(13)3/h6-9H,4-5,10-11H2,1-3H3,(H,16,18). The van der Waals surface area contributed by atoms with E-state index in [1.165, 1.54) is 0 Å². The van der Waals surface area contributed by atoms with Crippen molar-refractivity contribution in [3.05, 3.63) is 29.8 Å². The summed E-state index contributed by atoms with van der Waals surface area (Å²) < 4.78 is 0. The van der Waals surface area contributed by atoms with Gasteiger partial charge in [-0.05, 0) is 31.4 Å². The topological polar surface area (TPSA) is 49.4 Å². The van der Waals surface area contributed by atoms with Gasteiger partial charge in [-0.2, -0.15) is 0 Å². The van der Waals surface area contributed by atoms with Gasteiger partial charge >= 0.3 is 11.8 Å². The maximum absolute atomic E-state index is 12.1. The van der Waals surface area contributed by atoms with Crippen molar-refractivity contribution in [3.63, 3.8) is 0 Å². The lowest BCUT2D eigenvalue weighted by Gasteiger charge is -2.20. The zero-order chi connectivity index (χ0) is 14.3. The van der Waals surface area contributed by atoms with Crippen LogP contribution >= 0.6 is 0 Å². The maximum Gasteiger partial charge on any atom is 0.313 e. The number of rotatable bonds is 5. The molecule has 0 aromatic heterocycles. The number of aryl methyl sites for hydroxylation is 1. The zero-order valence-electron chi connectivity index (χ0n) is 11.9. The van der Waals surface area contributed by atoms with Gasteiger partial charge in [-0.15, -0.1) is 0 Å². The monoisotopic (exact) mass is 262 g/mol. The number of hydrogen-bond acceptors (Lipinski definition) is 2. The lowest BCUT2D eigenvalue weighted by molar-refractivity contribution is -0.143. The number of anilines is 1. The first kappa shape index (κ1) is 15.2. The molecule has 104 valence electrons. The van der Waals surface area contributed by atoms with Gasteiger partial charge in [0.1, 0.15) is 0 Å². The van der Waals surface area contributed by atoms with E-state index in [4.69, 9.17) is 0 Å². The Hall–Kier alpha value is -1.84. The Balaban J connectivity index is 2.71. The molecular weight excluding hydrogens is 240 g/mol. The van der Waals surface area contributed by atoms with Crippen LogP contribution in [0.25, 0.3) is 0 Å². The fraction of sp³-hybridized carbons (Fsp3) is 0.467. The van der Waals surface area contributed by atoms with E-state index in [2.05, 4.69) is 5.32 Å². The predicted molar refractivity (Wildman–Crippen MR) is 77.0 cm³/mol. The summed E-state index contributed by atoms with van der Waals surface area (Å²) in [6.07, 6.45) is 1.70. The molecule has 19 heavy (non-hydrogen) atoms. The van der Waals surface area contributed by atoms with E-state index in [-0.39, 0.29) is 0 Å². The van der Waals surface area contributed by atoms with Crippen molar-refractivity contribution < 1.29 is 9.59 Å². The summed E-state index contributed by atoms with van der Waals surface area (Å²) in [6, 6.07) is 7.43. The second-order valence-corrected chi connectivity index (χ2v) is 4.56. The van der Waals surface area contributed by atoms with E-state index in [0.29, 0.717) is 18.8 Å². The minimum Gasteiger partial charge on any atom is -0.334 e. The molecule has 0 saturated heterocycles. The Morgan fingerprint density at radius 2 is 1.68 bits per heavy atom. The third-order valence-electron chi connectivity index (χ3n) is 2.86. The van der Waals surface area contributed by atoms with Crippen molar-refractivity contribution >= 4 is 17.5 Å². The lowest BCUT2D eigenvalue weighted by Crippen LogP contribution is -2.40. The third kappa shape index (κ3) is 4.39. The second-order valence-electron chi connectivity index (χ2n) is 4.56. The minimum absolute atomic E-state index is 0.452. The number of carbonyl (C=O) groups excluding carboxylic acids is 2. The molecule has 0 unspecified atom stereocenters. The van der Waals surface area contributed by atoms with Crippen molar-refractivity contribution in [2.75, 3.05) is 18.4 Å². The quantitative estimate of drug-likeness (QED) is 0.829. The zero-order valence-corrected chi connectivity index (χ0v) is 11.9. The van der Waals surface area contributed by atoms with Gasteiger partial charge in [0.2, 0.25) is 0 Å². The molecule has 0 atom stereocenters. The number of nitrogens with zero attached hydrogens (tertiary/aromatic N) is 1. The average Bonchev–Trinajstić information content (AvgIpc) is 2.40. The molecule has 1 aromatic carbocycles. The van der Waals surface area contributed by atoms with Gasteiger partial charge in [0.05, 0.1) is 0 Å². The second kappa shape index (κ2) is 7.56. The van der Waals surface area contributed by atoms with Crippen LogP contribution in [0.15, 0.2) is 24.3 Å². The molecule has 4 nitrogen and oxygen atoms in total. The van der Waals surface area contributed by atoms with Crippen LogP contribution in [-0.2, 0) is 9.59 Å². The van der Waals surface area contributed by atoms with Gasteiger partial charge in [-0.1, -0.05) is 32.0 Å². The molecule has 0 bridgehead atoms. The Morgan fingerprint density at radius 1 is 1.11 bits per heavy atom. The SMILES string of the molecule is CCCN(CCC)C(=O)C(=O)Nc1ccccc1C.